The van der Waals surface area contributed by atoms with Gasteiger partial charge in [-0.3, -0.25) is 14.5 Å². The zero-order valence-corrected chi connectivity index (χ0v) is 15.6. The summed E-state index contributed by atoms with van der Waals surface area (Å²) in [5.74, 6) is -1.80. The first kappa shape index (κ1) is 22.1. The highest BCUT2D eigenvalue weighted by Crippen LogP contribution is 2.36. The number of likely N-dealkylation sites (tertiary alicyclic amines) is 1. The van der Waals surface area contributed by atoms with E-state index in [1.807, 2.05) is 35.2 Å². The molecule has 2 heterocycles. The number of β-amino-alcohol motifs (C(OH)–C–C–N with tert-alkyl or cyclic N) is 1. The van der Waals surface area contributed by atoms with E-state index < -0.39 is 23.5 Å². The average Bonchev–Trinajstić information content (AvgIpc) is 3.14. The van der Waals surface area contributed by atoms with E-state index in [2.05, 4.69) is 0 Å². The van der Waals surface area contributed by atoms with Gasteiger partial charge in [-0.15, -0.1) is 0 Å². The molecule has 1 fully saturated rings. The zero-order chi connectivity index (χ0) is 21.4. The molecular weight excluding hydrogens is 382 g/mol. The summed E-state index contributed by atoms with van der Waals surface area (Å²) in [5.41, 5.74) is -0.354. The number of nitrogens with zero attached hydrogens (tertiary/aromatic N) is 1. The standard InChI is InChI=1S/C19H21NO6.CH2O2/c21-16-12-20(11-14-6-7-15(26-14)17(22)23)9-8-19(16,18(24)25)10-13-4-2-1-3-5-13;2-1-3/h1-7,16,21H,8-12H2,(H,22,23)(H,24,25);1H,(H,2,3)/t16-,19+;/m0./s1. The van der Waals surface area contributed by atoms with E-state index in [1.165, 1.54) is 6.07 Å². The van der Waals surface area contributed by atoms with Gasteiger partial charge in [0, 0.05) is 6.54 Å². The largest absolute Gasteiger partial charge is 0.483 e. The molecule has 9 nitrogen and oxygen atoms in total. The highest BCUT2D eigenvalue weighted by atomic mass is 16.4. The van der Waals surface area contributed by atoms with E-state index in [4.69, 9.17) is 19.4 Å². The van der Waals surface area contributed by atoms with Crippen LogP contribution < -0.4 is 0 Å². The van der Waals surface area contributed by atoms with Crippen molar-refractivity contribution in [1.29, 1.82) is 0 Å². The third kappa shape index (κ3) is 5.43. The molecule has 0 unspecified atom stereocenters. The third-order valence-electron chi connectivity index (χ3n) is 4.98. The van der Waals surface area contributed by atoms with Gasteiger partial charge in [-0.1, -0.05) is 30.3 Å². The SMILES string of the molecule is O=C(O)c1ccc(CN2CC[C@](Cc3ccccc3)(C(=O)O)[C@@H](O)C2)o1.O=CO. The van der Waals surface area contributed by atoms with E-state index >= 15 is 0 Å². The summed E-state index contributed by atoms with van der Waals surface area (Å²) in [5, 5.41) is 36.2. The number of piperidine rings is 1. The van der Waals surface area contributed by atoms with Crippen LogP contribution in [0.25, 0.3) is 0 Å². The zero-order valence-electron chi connectivity index (χ0n) is 15.6. The molecule has 4 N–H and O–H groups in total. The second-order valence-corrected chi connectivity index (χ2v) is 6.80. The summed E-state index contributed by atoms with van der Waals surface area (Å²) >= 11 is 0. The van der Waals surface area contributed by atoms with E-state index in [0.717, 1.165) is 5.56 Å². The minimum Gasteiger partial charge on any atom is -0.483 e. The molecule has 1 aliphatic heterocycles. The molecule has 0 spiro atoms. The van der Waals surface area contributed by atoms with Gasteiger partial charge in [0.2, 0.25) is 5.76 Å². The van der Waals surface area contributed by atoms with Crippen molar-refractivity contribution in [2.24, 2.45) is 5.41 Å². The first-order valence-electron chi connectivity index (χ1n) is 8.90. The summed E-state index contributed by atoms with van der Waals surface area (Å²) < 4.78 is 5.24. The Morgan fingerprint density at radius 3 is 2.34 bits per heavy atom. The number of aliphatic hydroxyl groups is 1. The molecule has 0 bridgehead atoms. The number of aliphatic carboxylic acids is 1. The van der Waals surface area contributed by atoms with E-state index in [0.29, 0.717) is 25.3 Å². The summed E-state index contributed by atoms with van der Waals surface area (Å²) in [4.78, 5) is 33.1. The molecule has 0 saturated carbocycles. The number of carboxylic acid groups (broad SMARTS) is 3. The van der Waals surface area contributed by atoms with Crippen molar-refractivity contribution >= 4 is 18.4 Å². The molecular formula is C20H23NO8. The maximum Gasteiger partial charge on any atom is 0.371 e. The number of rotatable bonds is 6. The van der Waals surface area contributed by atoms with Crippen LogP contribution >= 0.6 is 0 Å². The van der Waals surface area contributed by atoms with Gasteiger partial charge in [-0.05, 0) is 37.1 Å². The first-order chi connectivity index (χ1) is 13.8. The lowest BCUT2D eigenvalue weighted by Gasteiger charge is -2.42. The fourth-order valence-corrected chi connectivity index (χ4v) is 3.47. The van der Waals surface area contributed by atoms with Gasteiger partial charge in [0.05, 0.1) is 12.6 Å². The van der Waals surface area contributed by atoms with Gasteiger partial charge < -0.3 is 24.8 Å². The van der Waals surface area contributed by atoms with E-state index in [9.17, 15) is 19.8 Å². The number of hydrogen-bond donors (Lipinski definition) is 4. The van der Waals surface area contributed by atoms with Gasteiger partial charge >= 0.3 is 11.9 Å². The van der Waals surface area contributed by atoms with E-state index in [-0.39, 0.29) is 25.2 Å². The molecule has 0 amide bonds. The van der Waals surface area contributed by atoms with Crippen LogP contribution in [0, 0.1) is 5.41 Å². The maximum atomic E-state index is 12.0. The number of furan rings is 1. The molecule has 0 aliphatic carbocycles. The summed E-state index contributed by atoms with van der Waals surface area (Å²) in [6.45, 7) is 0.729. The fraction of sp³-hybridized carbons (Fsp3) is 0.350. The lowest BCUT2D eigenvalue weighted by molar-refractivity contribution is -0.163. The smallest absolute Gasteiger partial charge is 0.371 e. The van der Waals surface area contributed by atoms with Crippen LogP contribution in [0.4, 0.5) is 0 Å². The number of aromatic carboxylic acids is 1. The third-order valence-corrected chi connectivity index (χ3v) is 4.98. The van der Waals surface area contributed by atoms with Gasteiger partial charge in [0.25, 0.3) is 6.47 Å². The summed E-state index contributed by atoms with van der Waals surface area (Å²) in [7, 11) is 0. The Morgan fingerprint density at radius 2 is 1.83 bits per heavy atom. The highest BCUT2D eigenvalue weighted by Gasteiger charge is 2.48. The lowest BCUT2D eigenvalue weighted by Crippen LogP contribution is -2.55. The van der Waals surface area contributed by atoms with Crippen LogP contribution in [0.1, 0.15) is 28.3 Å². The molecule has 1 aromatic carbocycles. The number of benzene rings is 1. The Kier molecular flexibility index (Phi) is 7.52. The number of carboxylic acids is 2. The minimum atomic E-state index is -1.23. The van der Waals surface area contributed by atoms with E-state index in [1.54, 1.807) is 6.07 Å². The molecule has 156 valence electrons. The van der Waals surface area contributed by atoms with Crippen LogP contribution in [0.15, 0.2) is 46.9 Å². The summed E-state index contributed by atoms with van der Waals surface area (Å²) in [6.07, 6.45) is -0.477. The van der Waals surface area contributed by atoms with Crippen molar-refractivity contribution in [3.63, 3.8) is 0 Å². The predicted octanol–water partition coefficient (Wildman–Crippen LogP) is 1.56. The Hall–Kier alpha value is -3.17. The normalized spacial score (nSPS) is 21.6. The molecule has 1 aromatic heterocycles. The van der Waals surface area contributed by atoms with Crippen LogP contribution in [-0.4, -0.2) is 62.9 Å². The summed E-state index contributed by atoms with van der Waals surface area (Å²) in [6, 6.07) is 12.3. The molecule has 3 rings (SSSR count). The average molecular weight is 405 g/mol. The molecule has 9 heteroatoms. The van der Waals surface area contributed by atoms with Crippen molar-refractivity contribution in [2.75, 3.05) is 13.1 Å². The van der Waals surface area contributed by atoms with Crippen molar-refractivity contribution in [1.82, 2.24) is 4.90 Å². The lowest BCUT2D eigenvalue weighted by atomic mass is 9.71. The van der Waals surface area contributed by atoms with Gasteiger partial charge in [0.15, 0.2) is 0 Å². The predicted molar refractivity (Wildman–Crippen MR) is 100 cm³/mol. The maximum absolute atomic E-state index is 12.0. The second kappa shape index (κ2) is 9.85. The molecule has 0 radical (unpaired) electrons. The topological polar surface area (TPSA) is 149 Å². The van der Waals surface area contributed by atoms with Crippen LogP contribution in [0.2, 0.25) is 0 Å². The van der Waals surface area contributed by atoms with Crippen molar-refractivity contribution in [3.05, 3.63) is 59.5 Å². The first-order valence-corrected chi connectivity index (χ1v) is 8.90. The Bertz CT molecular complexity index is 834. The molecule has 1 aliphatic rings. The van der Waals surface area contributed by atoms with Crippen molar-refractivity contribution in [3.8, 4) is 0 Å². The number of carbonyl (C=O) groups is 3. The van der Waals surface area contributed by atoms with Crippen molar-refractivity contribution < 1.29 is 39.2 Å². The van der Waals surface area contributed by atoms with Crippen molar-refractivity contribution in [2.45, 2.75) is 25.5 Å². The monoisotopic (exact) mass is 405 g/mol. The van der Waals surface area contributed by atoms with Crippen LogP contribution in [0.3, 0.4) is 0 Å². The molecule has 29 heavy (non-hydrogen) atoms. The molecule has 2 atom stereocenters. The Balaban J connectivity index is 0.000000941. The number of hydrogen-bond acceptors (Lipinski definition) is 6. The quantitative estimate of drug-likeness (QED) is 0.525. The highest BCUT2D eigenvalue weighted by molar-refractivity contribution is 5.84. The van der Waals surface area contributed by atoms with Gasteiger partial charge in [-0.2, -0.15) is 0 Å². The minimum absolute atomic E-state index is 0.137. The fourth-order valence-electron chi connectivity index (χ4n) is 3.47. The van der Waals surface area contributed by atoms with Gasteiger partial charge in [-0.25, -0.2) is 4.79 Å². The van der Waals surface area contributed by atoms with Gasteiger partial charge in [0.1, 0.15) is 11.2 Å². The molecule has 1 saturated heterocycles. The van der Waals surface area contributed by atoms with Crippen LogP contribution in [-0.2, 0) is 22.6 Å². The Labute approximate surface area is 166 Å². The Morgan fingerprint density at radius 1 is 1.17 bits per heavy atom. The number of aliphatic hydroxyl groups excluding tert-OH is 1. The van der Waals surface area contributed by atoms with Crippen LogP contribution in [0.5, 0.6) is 0 Å². The second-order valence-electron chi connectivity index (χ2n) is 6.80. The molecule has 2 aromatic rings.